The molecule has 2 aliphatic heterocycles. The molecule has 1 amide bonds. The van der Waals surface area contributed by atoms with E-state index in [0.29, 0.717) is 0 Å². The molecular weight excluding hydrogens is 408 g/mol. The van der Waals surface area contributed by atoms with Crippen LogP contribution in [0.2, 0.25) is 0 Å². The van der Waals surface area contributed by atoms with Gasteiger partial charge in [-0.1, -0.05) is 72.8 Å². The Hall–Kier alpha value is -4.38. The Morgan fingerprint density at radius 2 is 1.55 bits per heavy atom. The number of nitrogens with zero attached hydrogens (tertiary/aromatic N) is 2. The molecule has 1 aromatic heterocycles. The van der Waals surface area contributed by atoms with Crippen LogP contribution in [0.3, 0.4) is 0 Å². The molecule has 33 heavy (non-hydrogen) atoms. The van der Waals surface area contributed by atoms with Gasteiger partial charge in [0.1, 0.15) is 11.2 Å². The summed E-state index contributed by atoms with van der Waals surface area (Å²) in [6.45, 7) is 1.99. The Bertz CT molecular complexity index is 1600. The van der Waals surface area contributed by atoms with E-state index in [1.54, 1.807) is 0 Å². The number of aryl methyl sites for hydroxylation is 1. The SMILES string of the molecule is Cc1nn(-c2ccccc2)c2c1C1(C(=O)Nc3ccccc31)c1ccc3ccccc3c1N2. The molecule has 5 heteroatoms. The van der Waals surface area contributed by atoms with Crippen LogP contribution in [-0.4, -0.2) is 15.7 Å². The maximum absolute atomic E-state index is 14.0. The lowest BCUT2D eigenvalue weighted by Gasteiger charge is -2.36. The molecule has 158 valence electrons. The van der Waals surface area contributed by atoms with E-state index in [1.807, 2.05) is 72.3 Å². The minimum absolute atomic E-state index is 0.0429. The molecule has 0 bridgehead atoms. The molecule has 5 aromatic rings. The van der Waals surface area contributed by atoms with Crippen molar-refractivity contribution in [1.29, 1.82) is 0 Å². The van der Waals surface area contributed by atoms with E-state index in [2.05, 4.69) is 41.0 Å². The van der Waals surface area contributed by atoms with E-state index >= 15 is 0 Å². The van der Waals surface area contributed by atoms with Gasteiger partial charge in [-0.2, -0.15) is 5.10 Å². The number of amides is 1. The summed E-state index contributed by atoms with van der Waals surface area (Å²) in [5.74, 6) is 0.785. The Labute approximate surface area is 190 Å². The molecule has 2 N–H and O–H groups in total. The van der Waals surface area contributed by atoms with E-state index < -0.39 is 5.41 Å². The van der Waals surface area contributed by atoms with Crippen molar-refractivity contribution in [2.24, 2.45) is 0 Å². The highest BCUT2D eigenvalue weighted by Gasteiger charge is 2.56. The molecule has 0 saturated heterocycles. The number of aromatic nitrogens is 2. The number of carbonyl (C=O) groups is 1. The van der Waals surface area contributed by atoms with Crippen LogP contribution in [0.5, 0.6) is 0 Å². The van der Waals surface area contributed by atoms with E-state index in [9.17, 15) is 4.79 Å². The molecule has 4 aromatic carbocycles. The Balaban J connectivity index is 1.65. The van der Waals surface area contributed by atoms with Crippen LogP contribution >= 0.6 is 0 Å². The van der Waals surface area contributed by atoms with E-state index in [1.165, 1.54) is 0 Å². The van der Waals surface area contributed by atoms with Crippen LogP contribution in [-0.2, 0) is 10.2 Å². The van der Waals surface area contributed by atoms with Crippen molar-refractivity contribution in [2.75, 3.05) is 10.6 Å². The predicted molar refractivity (Wildman–Crippen MR) is 130 cm³/mol. The molecule has 1 atom stereocenters. The van der Waals surface area contributed by atoms with Gasteiger partial charge in [0.05, 0.1) is 17.1 Å². The molecule has 0 saturated carbocycles. The first kappa shape index (κ1) is 18.2. The Kier molecular flexibility index (Phi) is 3.49. The Morgan fingerprint density at radius 1 is 0.788 bits per heavy atom. The second kappa shape index (κ2) is 6.33. The van der Waals surface area contributed by atoms with Crippen molar-refractivity contribution in [1.82, 2.24) is 9.78 Å². The molecule has 7 rings (SSSR count). The first-order chi connectivity index (χ1) is 16.2. The van der Waals surface area contributed by atoms with Gasteiger partial charge in [0, 0.05) is 27.8 Å². The van der Waals surface area contributed by atoms with Crippen LogP contribution in [0.25, 0.3) is 16.5 Å². The maximum atomic E-state index is 14.0. The fourth-order valence-corrected chi connectivity index (χ4v) is 5.59. The standard InChI is InChI=1S/C28H20N4O/c1-17-24-26(32(31-17)19-10-3-2-4-11-19)30-25-20-12-6-5-9-18(20)15-16-22(25)28(24)21-13-7-8-14-23(21)29-27(28)33/h2-16,30H,1H3,(H,29,33). The summed E-state index contributed by atoms with van der Waals surface area (Å²) >= 11 is 0. The topological polar surface area (TPSA) is 59.0 Å². The van der Waals surface area contributed by atoms with E-state index in [0.717, 1.165) is 56.0 Å². The zero-order chi connectivity index (χ0) is 22.2. The molecule has 0 aliphatic carbocycles. The lowest BCUT2D eigenvalue weighted by atomic mass is 9.67. The van der Waals surface area contributed by atoms with Crippen molar-refractivity contribution < 1.29 is 4.79 Å². The summed E-state index contributed by atoms with van der Waals surface area (Å²) in [5, 5.41) is 14.0. The zero-order valence-electron chi connectivity index (χ0n) is 18.0. The van der Waals surface area contributed by atoms with Crippen molar-refractivity contribution in [3.8, 4) is 5.69 Å². The maximum Gasteiger partial charge on any atom is 0.244 e. The van der Waals surface area contributed by atoms with Gasteiger partial charge >= 0.3 is 0 Å². The number of anilines is 3. The first-order valence-corrected chi connectivity index (χ1v) is 11.1. The van der Waals surface area contributed by atoms with Crippen molar-refractivity contribution in [3.63, 3.8) is 0 Å². The highest BCUT2D eigenvalue weighted by atomic mass is 16.2. The van der Waals surface area contributed by atoms with Crippen molar-refractivity contribution in [3.05, 3.63) is 113 Å². The summed E-state index contributed by atoms with van der Waals surface area (Å²) in [6.07, 6.45) is 0. The highest BCUT2D eigenvalue weighted by Crippen LogP contribution is 2.57. The predicted octanol–water partition coefficient (Wildman–Crippen LogP) is 5.68. The van der Waals surface area contributed by atoms with Gasteiger partial charge in [0.25, 0.3) is 0 Å². The monoisotopic (exact) mass is 428 g/mol. The van der Waals surface area contributed by atoms with Gasteiger partial charge in [0.2, 0.25) is 5.91 Å². The number of para-hydroxylation sites is 2. The summed E-state index contributed by atoms with van der Waals surface area (Å²) in [7, 11) is 0. The fourth-order valence-electron chi connectivity index (χ4n) is 5.59. The highest BCUT2D eigenvalue weighted by molar-refractivity contribution is 6.16. The molecule has 1 unspecified atom stereocenters. The van der Waals surface area contributed by atoms with Crippen LogP contribution in [0, 0.1) is 6.92 Å². The first-order valence-electron chi connectivity index (χ1n) is 11.1. The smallest absolute Gasteiger partial charge is 0.244 e. The van der Waals surface area contributed by atoms with Crippen LogP contribution < -0.4 is 10.6 Å². The van der Waals surface area contributed by atoms with Gasteiger partial charge in [-0.3, -0.25) is 4.79 Å². The lowest BCUT2D eigenvalue weighted by Crippen LogP contribution is -2.40. The minimum atomic E-state index is -0.979. The number of hydrogen-bond acceptors (Lipinski definition) is 3. The third-order valence-corrected chi connectivity index (χ3v) is 6.93. The van der Waals surface area contributed by atoms with Gasteiger partial charge < -0.3 is 10.6 Å². The zero-order valence-corrected chi connectivity index (χ0v) is 18.0. The molecule has 3 heterocycles. The number of nitrogens with one attached hydrogen (secondary N) is 2. The van der Waals surface area contributed by atoms with Crippen LogP contribution in [0.4, 0.5) is 17.2 Å². The van der Waals surface area contributed by atoms with Gasteiger partial charge in [-0.25, -0.2) is 4.68 Å². The third kappa shape index (κ3) is 2.21. The normalized spacial score (nSPS) is 17.9. The van der Waals surface area contributed by atoms with Crippen LogP contribution in [0.15, 0.2) is 91.0 Å². The van der Waals surface area contributed by atoms with Crippen molar-refractivity contribution >= 4 is 33.9 Å². The quantitative estimate of drug-likeness (QED) is 0.361. The van der Waals surface area contributed by atoms with Crippen molar-refractivity contribution in [2.45, 2.75) is 12.3 Å². The molecular formula is C28H20N4O. The van der Waals surface area contributed by atoms with Gasteiger partial charge in [-0.05, 0) is 30.5 Å². The average Bonchev–Trinajstić information content (AvgIpc) is 3.34. The van der Waals surface area contributed by atoms with E-state index in [4.69, 9.17) is 5.10 Å². The number of carbonyl (C=O) groups excluding carboxylic acids is 1. The minimum Gasteiger partial charge on any atom is -0.339 e. The summed E-state index contributed by atoms with van der Waals surface area (Å²) < 4.78 is 1.92. The fraction of sp³-hybridized carbons (Fsp3) is 0.0714. The summed E-state index contributed by atoms with van der Waals surface area (Å²) in [6, 6.07) is 30.5. The molecule has 1 spiro atoms. The molecule has 5 nitrogen and oxygen atoms in total. The average molecular weight is 428 g/mol. The van der Waals surface area contributed by atoms with Gasteiger partial charge in [0.15, 0.2) is 0 Å². The summed E-state index contributed by atoms with van der Waals surface area (Å²) in [4.78, 5) is 14.0. The second-order valence-electron chi connectivity index (χ2n) is 8.64. The number of rotatable bonds is 1. The molecule has 2 aliphatic rings. The van der Waals surface area contributed by atoms with Crippen LogP contribution in [0.1, 0.15) is 22.4 Å². The number of fused-ring (bicyclic) bond motifs is 8. The second-order valence-corrected chi connectivity index (χ2v) is 8.64. The largest absolute Gasteiger partial charge is 0.339 e. The lowest BCUT2D eigenvalue weighted by molar-refractivity contribution is -0.118. The molecule has 0 radical (unpaired) electrons. The Morgan fingerprint density at radius 3 is 2.42 bits per heavy atom. The van der Waals surface area contributed by atoms with Gasteiger partial charge in [-0.15, -0.1) is 0 Å². The third-order valence-electron chi connectivity index (χ3n) is 6.93. The number of hydrogen-bond donors (Lipinski definition) is 2. The number of benzene rings is 4. The van der Waals surface area contributed by atoms with E-state index in [-0.39, 0.29) is 5.91 Å². The molecule has 0 fully saturated rings. The summed E-state index contributed by atoms with van der Waals surface area (Å²) in [5.41, 5.74) is 5.40.